The predicted octanol–water partition coefficient (Wildman–Crippen LogP) is 4.71. The molecule has 0 amide bonds. The van der Waals surface area contributed by atoms with Gasteiger partial charge in [-0.25, -0.2) is 0 Å². The van der Waals surface area contributed by atoms with Gasteiger partial charge in [-0.2, -0.15) is 0 Å². The van der Waals surface area contributed by atoms with Crippen LogP contribution in [0.2, 0.25) is 0 Å². The summed E-state index contributed by atoms with van der Waals surface area (Å²) in [7, 11) is 2.20. The smallest absolute Gasteiger partial charge is 0.124 e. The lowest BCUT2D eigenvalue weighted by atomic mass is 10.1. The van der Waals surface area contributed by atoms with Crippen molar-refractivity contribution in [2.45, 2.75) is 67.2 Å². The van der Waals surface area contributed by atoms with Gasteiger partial charge in [0.25, 0.3) is 0 Å². The Hall–Kier alpha value is -0.870. The molecule has 23 heavy (non-hydrogen) atoms. The summed E-state index contributed by atoms with van der Waals surface area (Å²) in [4.78, 5) is 4.98. The summed E-state index contributed by atoms with van der Waals surface area (Å²) in [5.74, 6) is 0. The first-order chi connectivity index (χ1) is 11.3. The lowest BCUT2D eigenvalue weighted by Gasteiger charge is -2.32. The largest absolute Gasteiger partial charge is 0.365 e. The first kappa shape index (κ1) is 24.4. The molecule has 2 rings (SSSR count). The molecule has 0 saturated carbocycles. The van der Waals surface area contributed by atoms with Gasteiger partial charge in [-0.15, -0.1) is 0 Å². The Kier molecular flexibility index (Phi) is 20.3. The van der Waals surface area contributed by atoms with E-state index in [2.05, 4.69) is 22.0 Å². The molecule has 2 heterocycles. The maximum atomic E-state index is 4.81. The van der Waals surface area contributed by atoms with Gasteiger partial charge in [0.2, 0.25) is 0 Å². The SMILES string of the molecule is CC.CC.CC.CN1CCN(CCCCCc2ccon2)CC1. The molecule has 0 atom stereocenters. The zero-order valence-electron chi connectivity index (χ0n) is 16.8. The van der Waals surface area contributed by atoms with Crippen LogP contribution in [-0.4, -0.2) is 54.7 Å². The standard InChI is InChI=1S/C13H23N3O.3C2H6/c1-15-8-10-16(11-9-15)7-4-2-3-5-13-6-12-17-14-13;3*1-2/h6,12H,2-5,7-11H2,1H3;3*1-2H3. The highest BCUT2D eigenvalue weighted by molar-refractivity contribution is 4.94. The molecular weight excluding hydrogens is 286 g/mol. The van der Waals surface area contributed by atoms with Crippen LogP contribution in [0.5, 0.6) is 0 Å². The highest BCUT2D eigenvalue weighted by atomic mass is 16.5. The summed E-state index contributed by atoms with van der Waals surface area (Å²) >= 11 is 0. The summed E-state index contributed by atoms with van der Waals surface area (Å²) in [6.07, 6.45) is 6.53. The van der Waals surface area contributed by atoms with Crippen molar-refractivity contribution < 1.29 is 4.52 Å². The lowest BCUT2D eigenvalue weighted by molar-refractivity contribution is 0.152. The summed E-state index contributed by atoms with van der Waals surface area (Å²) in [6, 6.07) is 1.96. The minimum absolute atomic E-state index is 1.05. The summed E-state index contributed by atoms with van der Waals surface area (Å²) in [5.41, 5.74) is 1.09. The van der Waals surface area contributed by atoms with Gasteiger partial charge in [0.05, 0.1) is 5.69 Å². The van der Waals surface area contributed by atoms with E-state index in [1.165, 1.54) is 52.0 Å². The third-order valence-electron chi connectivity index (χ3n) is 3.49. The zero-order chi connectivity index (χ0) is 17.9. The fourth-order valence-electron chi connectivity index (χ4n) is 2.26. The van der Waals surface area contributed by atoms with Gasteiger partial charge in [0, 0.05) is 32.2 Å². The Labute approximate surface area is 145 Å². The van der Waals surface area contributed by atoms with E-state index in [1.807, 2.05) is 47.6 Å². The van der Waals surface area contributed by atoms with Crippen molar-refractivity contribution in [3.8, 4) is 0 Å². The molecule has 1 aliphatic heterocycles. The predicted molar refractivity (Wildman–Crippen MR) is 102 cm³/mol. The molecule has 0 unspecified atom stereocenters. The molecule has 138 valence electrons. The van der Waals surface area contributed by atoms with Crippen molar-refractivity contribution in [3.63, 3.8) is 0 Å². The van der Waals surface area contributed by atoms with E-state index in [4.69, 9.17) is 4.52 Å². The molecule has 1 aromatic heterocycles. The fourth-order valence-corrected chi connectivity index (χ4v) is 2.26. The molecule has 1 saturated heterocycles. The van der Waals surface area contributed by atoms with E-state index < -0.39 is 0 Å². The fraction of sp³-hybridized carbons (Fsp3) is 0.842. The van der Waals surface area contributed by atoms with Crippen LogP contribution in [0.15, 0.2) is 16.9 Å². The van der Waals surface area contributed by atoms with Crippen molar-refractivity contribution in [2.24, 2.45) is 0 Å². The molecule has 1 fully saturated rings. The molecule has 0 N–H and O–H groups in total. The Balaban J connectivity index is 0. The number of nitrogens with zero attached hydrogens (tertiary/aromatic N) is 3. The molecule has 0 aliphatic carbocycles. The number of rotatable bonds is 6. The van der Waals surface area contributed by atoms with E-state index in [1.54, 1.807) is 6.26 Å². The van der Waals surface area contributed by atoms with E-state index in [0.29, 0.717) is 0 Å². The second kappa shape index (κ2) is 19.2. The Morgan fingerprint density at radius 3 is 2.04 bits per heavy atom. The van der Waals surface area contributed by atoms with Gasteiger partial charge in [0.15, 0.2) is 0 Å². The Bertz CT molecular complexity index is 294. The van der Waals surface area contributed by atoms with Gasteiger partial charge in [0.1, 0.15) is 6.26 Å². The monoisotopic (exact) mass is 327 g/mol. The van der Waals surface area contributed by atoms with Crippen LogP contribution in [0.3, 0.4) is 0 Å². The van der Waals surface area contributed by atoms with E-state index in [-0.39, 0.29) is 0 Å². The average Bonchev–Trinajstić information content (AvgIpc) is 3.15. The number of aryl methyl sites for hydroxylation is 1. The number of aromatic nitrogens is 1. The lowest BCUT2D eigenvalue weighted by Crippen LogP contribution is -2.44. The van der Waals surface area contributed by atoms with E-state index in [0.717, 1.165) is 12.1 Å². The van der Waals surface area contributed by atoms with Crippen LogP contribution in [0, 0.1) is 0 Å². The van der Waals surface area contributed by atoms with Crippen LogP contribution in [0.25, 0.3) is 0 Å². The summed E-state index contributed by atoms with van der Waals surface area (Å²) in [5, 5.41) is 3.92. The molecule has 1 aliphatic rings. The van der Waals surface area contributed by atoms with Gasteiger partial charge in [-0.05, 0) is 32.9 Å². The van der Waals surface area contributed by atoms with Gasteiger partial charge in [-0.3, -0.25) is 0 Å². The second-order valence-electron chi connectivity index (χ2n) is 4.95. The average molecular weight is 328 g/mol. The summed E-state index contributed by atoms with van der Waals surface area (Å²) in [6.45, 7) is 18.2. The molecule has 0 radical (unpaired) electrons. The van der Waals surface area contributed by atoms with Crippen LogP contribution in [0.4, 0.5) is 0 Å². The third kappa shape index (κ3) is 13.3. The minimum atomic E-state index is 1.05. The van der Waals surface area contributed by atoms with Gasteiger partial charge < -0.3 is 14.3 Å². The van der Waals surface area contributed by atoms with Crippen LogP contribution >= 0.6 is 0 Å². The normalized spacial score (nSPS) is 14.6. The Morgan fingerprint density at radius 2 is 1.52 bits per heavy atom. The van der Waals surface area contributed by atoms with Crippen molar-refractivity contribution in [3.05, 3.63) is 18.0 Å². The maximum Gasteiger partial charge on any atom is 0.124 e. The highest BCUT2D eigenvalue weighted by Gasteiger charge is 2.12. The number of likely N-dealkylation sites (N-methyl/N-ethyl adjacent to an activating group) is 1. The number of hydrogen-bond donors (Lipinski definition) is 0. The number of unbranched alkanes of at least 4 members (excludes halogenated alkanes) is 2. The van der Waals surface area contributed by atoms with Gasteiger partial charge >= 0.3 is 0 Å². The maximum absolute atomic E-state index is 4.81. The van der Waals surface area contributed by atoms with Crippen molar-refractivity contribution in [1.82, 2.24) is 15.0 Å². The van der Waals surface area contributed by atoms with E-state index in [9.17, 15) is 0 Å². The molecule has 4 nitrogen and oxygen atoms in total. The van der Waals surface area contributed by atoms with Crippen molar-refractivity contribution in [1.29, 1.82) is 0 Å². The van der Waals surface area contributed by atoms with Gasteiger partial charge in [-0.1, -0.05) is 53.1 Å². The molecule has 0 bridgehead atoms. The van der Waals surface area contributed by atoms with E-state index >= 15 is 0 Å². The second-order valence-corrected chi connectivity index (χ2v) is 4.95. The topological polar surface area (TPSA) is 32.5 Å². The zero-order valence-corrected chi connectivity index (χ0v) is 16.8. The first-order valence-corrected chi connectivity index (χ1v) is 9.65. The number of piperazine rings is 1. The van der Waals surface area contributed by atoms with Crippen molar-refractivity contribution >= 4 is 0 Å². The number of hydrogen-bond acceptors (Lipinski definition) is 4. The summed E-state index contributed by atoms with van der Waals surface area (Å²) < 4.78 is 4.81. The minimum Gasteiger partial charge on any atom is -0.365 e. The molecular formula is C19H41N3O. The van der Waals surface area contributed by atoms with Crippen LogP contribution < -0.4 is 0 Å². The van der Waals surface area contributed by atoms with Crippen LogP contribution in [-0.2, 0) is 6.42 Å². The Morgan fingerprint density at radius 1 is 0.913 bits per heavy atom. The first-order valence-electron chi connectivity index (χ1n) is 9.65. The molecule has 1 aromatic rings. The highest BCUT2D eigenvalue weighted by Crippen LogP contribution is 2.06. The van der Waals surface area contributed by atoms with Crippen LogP contribution in [0.1, 0.15) is 66.5 Å². The van der Waals surface area contributed by atoms with Crippen molar-refractivity contribution in [2.75, 3.05) is 39.8 Å². The molecule has 0 aromatic carbocycles. The quantitative estimate of drug-likeness (QED) is 0.708. The third-order valence-corrected chi connectivity index (χ3v) is 3.49. The molecule has 0 spiro atoms. The molecule has 4 heteroatoms.